The smallest absolute Gasteiger partial charge is 0.257 e. The van der Waals surface area contributed by atoms with Crippen LogP contribution < -0.4 is 15.8 Å². The van der Waals surface area contributed by atoms with Crippen LogP contribution >= 0.6 is 28.3 Å². The van der Waals surface area contributed by atoms with E-state index >= 15 is 0 Å². The topological polar surface area (TPSA) is 64.3 Å². The summed E-state index contributed by atoms with van der Waals surface area (Å²) in [6, 6.07) is 11.8. The summed E-state index contributed by atoms with van der Waals surface area (Å²) >= 11 is 3.44. The predicted octanol–water partition coefficient (Wildman–Crippen LogP) is 3.11. The van der Waals surface area contributed by atoms with Gasteiger partial charge in [-0.3, -0.25) is 4.79 Å². The first kappa shape index (κ1) is 18.7. The number of hydrogen-bond donors (Lipinski definition) is 2. The highest BCUT2D eigenvalue weighted by Gasteiger charge is 2.05. The number of amides is 1. The maximum absolute atomic E-state index is 11.7. The van der Waals surface area contributed by atoms with Gasteiger partial charge in [0.1, 0.15) is 5.75 Å². The molecule has 0 aromatic heterocycles. The van der Waals surface area contributed by atoms with Crippen LogP contribution in [0.25, 0.3) is 10.8 Å². The van der Waals surface area contributed by atoms with Crippen LogP contribution in [0.1, 0.15) is 6.92 Å². The van der Waals surface area contributed by atoms with Gasteiger partial charge in [-0.25, -0.2) is 0 Å². The van der Waals surface area contributed by atoms with Crippen molar-refractivity contribution < 1.29 is 9.53 Å². The number of nitrogens with one attached hydrogen (secondary N) is 1. The number of nitrogens with two attached hydrogens (primary N) is 1. The van der Waals surface area contributed by atoms with E-state index in [1.165, 1.54) is 0 Å². The molecule has 0 bridgehead atoms. The number of benzene rings is 2. The molecule has 120 valence electrons. The van der Waals surface area contributed by atoms with Crippen LogP contribution in [0.15, 0.2) is 40.9 Å². The quantitative estimate of drug-likeness (QED) is 0.800. The fourth-order valence-corrected chi connectivity index (χ4v) is 2.23. The van der Waals surface area contributed by atoms with Gasteiger partial charge >= 0.3 is 0 Å². The average molecular weight is 388 g/mol. The summed E-state index contributed by atoms with van der Waals surface area (Å²) in [5.41, 5.74) is 5.50. The molecule has 0 spiro atoms. The van der Waals surface area contributed by atoms with Gasteiger partial charge in [-0.15, -0.1) is 12.4 Å². The van der Waals surface area contributed by atoms with Gasteiger partial charge in [0.25, 0.3) is 5.91 Å². The molecule has 0 radical (unpaired) electrons. The van der Waals surface area contributed by atoms with Crippen molar-refractivity contribution in [1.82, 2.24) is 5.32 Å². The minimum Gasteiger partial charge on any atom is -0.484 e. The van der Waals surface area contributed by atoms with Gasteiger partial charge < -0.3 is 15.8 Å². The Balaban J connectivity index is 0.00000242. The van der Waals surface area contributed by atoms with E-state index in [1.54, 1.807) is 0 Å². The molecule has 0 saturated heterocycles. The second-order valence-electron chi connectivity index (χ2n) is 5.09. The van der Waals surface area contributed by atoms with Gasteiger partial charge in [0.2, 0.25) is 0 Å². The van der Waals surface area contributed by atoms with Crippen molar-refractivity contribution in [3.8, 4) is 5.75 Å². The van der Waals surface area contributed by atoms with Crippen LogP contribution in [0.5, 0.6) is 5.75 Å². The highest BCUT2D eigenvalue weighted by molar-refractivity contribution is 9.10. The average Bonchev–Trinajstić information content (AvgIpc) is 2.50. The number of fused-ring (bicyclic) bond motifs is 1. The van der Waals surface area contributed by atoms with Gasteiger partial charge in [-0.05, 0) is 47.5 Å². The number of rotatable bonds is 6. The van der Waals surface area contributed by atoms with E-state index in [9.17, 15) is 4.79 Å². The molecule has 22 heavy (non-hydrogen) atoms. The molecule has 0 aliphatic heterocycles. The van der Waals surface area contributed by atoms with Gasteiger partial charge in [0, 0.05) is 11.0 Å². The molecule has 2 aromatic rings. The Hall–Kier alpha value is -1.30. The molecule has 1 atom stereocenters. The summed E-state index contributed by atoms with van der Waals surface area (Å²) in [6.07, 6.45) is 0. The number of carbonyl (C=O) groups is 1. The molecule has 2 rings (SSSR count). The lowest BCUT2D eigenvalue weighted by atomic mass is 10.1. The van der Waals surface area contributed by atoms with Gasteiger partial charge in [0.15, 0.2) is 6.61 Å². The van der Waals surface area contributed by atoms with Crippen molar-refractivity contribution in [2.45, 2.75) is 6.92 Å². The van der Waals surface area contributed by atoms with E-state index in [0.29, 0.717) is 18.8 Å². The van der Waals surface area contributed by atoms with Crippen LogP contribution in [0, 0.1) is 5.92 Å². The molecule has 1 amide bonds. The van der Waals surface area contributed by atoms with Crippen molar-refractivity contribution in [3.05, 3.63) is 40.9 Å². The number of halogens is 2. The zero-order chi connectivity index (χ0) is 15.2. The third kappa shape index (κ3) is 5.48. The standard InChI is InChI=1S/C16H19BrN2O2.ClH/c1-11(8-18)9-19-16(20)10-21-15-5-3-12-6-14(17)4-2-13(12)7-15;/h2-7,11H,8-10,18H2,1H3,(H,19,20);1H. The summed E-state index contributed by atoms with van der Waals surface area (Å²) in [5.74, 6) is 0.825. The Morgan fingerprint density at radius 3 is 2.68 bits per heavy atom. The molecule has 4 nitrogen and oxygen atoms in total. The number of hydrogen-bond acceptors (Lipinski definition) is 3. The van der Waals surface area contributed by atoms with E-state index in [1.807, 2.05) is 43.3 Å². The molecule has 0 fully saturated rings. The monoisotopic (exact) mass is 386 g/mol. The molecule has 0 heterocycles. The van der Waals surface area contributed by atoms with Crippen molar-refractivity contribution in [2.75, 3.05) is 19.7 Å². The molecule has 0 aliphatic rings. The Morgan fingerprint density at radius 1 is 1.27 bits per heavy atom. The molecule has 0 aliphatic carbocycles. The fraction of sp³-hybridized carbons (Fsp3) is 0.312. The van der Waals surface area contributed by atoms with Crippen molar-refractivity contribution in [1.29, 1.82) is 0 Å². The van der Waals surface area contributed by atoms with Crippen LogP contribution in [0.4, 0.5) is 0 Å². The highest BCUT2D eigenvalue weighted by Crippen LogP contribution is 2.24. The van der Waals surface area contributed by atoms with Gasteiger partial charge in [-0.1, -0.05) is 35.0 Å². The lowest BCUT2D eigenvalue weighted by Crippen LogP contribution is -2.34. The Labute approximate surface area is 144 Å². The van der Waals surface area contributed by atoms with Crippen molar-refractivity contribution >= 4 is 45.0 Å². The van der Waals surface area contributed by atoms with Crippen molar-refractivity contribution in [3.63, 3.8) is 0 Å². The predicted molar refractivity (Wildman–Crippen MR) is 95.6 cm³/mol. The molecule has 0 saturated carbocycles. The third-order valence-corrected chi connectivity index (χ3v) is 3.69. The van der Waals surface area contributed by atoms with E-state index < -0.39 is 0 Å². The first-order valence-corrected chi connectivity index (χ1v) is 7.66. The summed E-state index contributed by atoms with van der Waals surface area (Å²) < 4.78 is 6.56. The molecule has 1 unspecified atom stereocenters. The fourth-order valence-electron chi connectivity index (χ4n) is 1.86. The molecule has 6 heteroatoms. The minimum atomic E-state index is -0.133. The maximum atomic E-state index is 11.7. The minimum absolute atomic E-state index is 0. The number of ether oxygens (including phenoxy) is 1. The largest absolute Gasteiger partial charge is 0.484 e. The second kappa shape index (κ2) is 8.98. The summed E-state index contributed by atoms with van der Waals surface area (Å²) in [5, 5.41) is 5.00. The zero-order valence-electron chi connectivity index (χ0n) is 12.3. The summed E-state index contributed by atoms with van der Waals surface area (Å²) in [4.78, 5) is 11.7. The van der Waals surface area contributed by atoms with E-state index in [2.05, 4.69) is 21.2 Å². The Morgan fingerprint density at radius 2 is 1.95 bits per heavy atom. The van der Waals surface area contributed by atoms with Crippen LogP contribution in [0.2, 0.25) is 0 Å². The lowest BCUT2D eigenvalue weighted by molar-refractivity contribution is -0.123. The summed E-state index contributed by atoms with van der Waals surface area (Å²) in [6.45, 7) is 3.13. The maximum Gasteiger partial charge on any atom is 0.257 e. The Kier molecular flexibility index (Phi) is 7.65. The summed E-state index contributed by atoms with van der Waals surface area (Å²) in [7, 11) is 0. The zero-order valence-corrected chi connectivity index (χ0v) is 14.7. The Bertz CT molecular complexity index is 637. The van der Waals surface area contributed by atoms with E-state index in [-0.39, 0.29) is 30.8 Å². The van der Waals surface area contributed by atoms with Crippen LogP contribution in [0.3, 0.4) is 0 Å². The molecular weight excluding hydrogens is 368 g/mol. The van der Waals surface area contributed by atoms with Crippen LogP contribution in [-0.4, -0.2) is 25.6 Å². The van der Waals surface area contributed by atoms with Crippen molar-refractivity contribution in [2.24, 2.45) is 11.7 Å². The van der Waals surface area contributed by atoms with E-state index in [4.69, 9.17) is 10.5 Å². The second-order valence-corrected chi connectivity index (χ2v) is 6.00. The molecule has 3 N–H and O–H groups in total. The van der Waals surface area contributed by atoms with Gasteiger partial charge in [0.05, 0.1) is 0 Å². The number of carbonyl (C=O) groups excluding carboxylic acids is 1. The third-order valence-electron chi connectivity index (χ3n) is 3.19. The molecular formula is C16H20BrClN2O2. The van der Waals surface area contributed by atoms with E-state index in [0.717, 1.165) is 15.2 Å². The lowest BCUT2D eigenvalue weighted by Gasteiger charge is -2.11. The molecule has 2 aromatic carbocycles. The highest BCUT2D eigenvalue weighted by atomic mass is 79.9. The normalized spacial score (nSPS) is 11.6. The SMILES string of the molecule is CC(CN)CNC(=O)COc1ccc2cc(Br)ccc2c1.Cl. The first-order chi connectivity index (χ1) is 10.1. The van der Waals surface area contributed by atoms with Gasteiger partial charge in [-0.2, -0.15) is 0 Å². The van der Waals surface area contributed by atoms with Crippen LogP contribution in [-0.2, 0) is 4.79 Å². The first-order valence-electron chi connectivity index (χ1n) is 6.87.